The minimum atomic E-state index is -0.684. The summed E-state index contributed by atoms with van der Waals surface area (Å²) in [6, 6.07) is 9.94. The van der Waals surface area contributed by atoms with E-state index in [0.29, 0.717) is 5.69 Å². The van der Waals surface area contributed by atoms with Crippen molar-refractivity contribution in [2.75, 3.05) is 5.73 Å². The largest absolute Gasteiger partial charge is 0.464 e. The van der Waals surface area contributed by atoms with Gasteiger partial charge in [-0.25, -0.2) is 4.79 Å². The van der Waals surface area contributed by atoms with Gasteiger partial charge in [0.2, 0.25) is 5.82 Å². The molecule has 0 fully saturated rings. The van der Waals surface area contributed by atoms with Crippen molar-refractivity contribution in [3.05, 3.63) is 85.3 Å². The maximum atomic E-state index is 12.1. The predicted octanol–water partition coefficient (Wildman–Crippen LogP) is 2.77. The minimum Gasteiger partial charge on any atom is -0.464 e. The second kappa shape index (κ2) is 6.53. The Bertz CT molecular complexity index is 1300. The molecule has 142 valence electrons. The van der Waals surface area contributed by atoms with Gasteiger partial charge < -0.3 is 10.2 Å². The zero-order valence-electron chi connectivity index (χ0n) is 15.9. The highest BCUT2D eigenvalue weighted by Gasteiger charge is 2.12. The molecule has 4 aromatic rings. The molecule has 0 radical (unpaired) electrons. The van der Waals surface area contributed by atoms with Gasteiger partial charge in [-0.2, -0.15) is 4.68 Å². The lowest BCUT2D eigenvalue weighted by Gasteiger charge is -2.14. The summed E-state index contributed by atoms with van der Waals surface area (Å²) in [6.45, 7) is 6.02. The van der Waals surface area contributed by atoms with E-state index in [-0.39, 0.29) is 5.82 Å². The molecule has 0 aliphatic carbocycles. The number of hydrogen-bond donors (Lipinski definition) is 2. The molecule has 0 atom stereocenters. The third-order valence-corrected chi connectivity index (χ3v) is 4.99. The van der Waals surface area contributed by atoms with Crippen molar-refractivity contribution >= 4 is 16.8 Å². The molecular weight excluding hydrogens is 356 g/mol. The number of rotatable bonds is 3. The number of aromatic nitrogens is 3. The van der Waals surface area contributed by atoms with E-state index in [4.69, 9.17) is 10.2 Å². The summed E-state index contributed by atoms with van der Waals surface area (Å²) in [5.41, 5.74) is 11.2. The van der Waals surface area contributed by atoms with Crippen LogP contribution in [0.2, 0.25) is 0 Å². The number of H-pyrrole nitrogens is 1. The van der Waals surface area contributed by atoms with Crippen LogP contribution in [-0.2, 0) is 6.42 Å². The first-order chi connectivity index (χ1) is 13.3. The van der Waals surface area contributed by atoms with E-state index in [1.165, 1.54) is 11.1 Å². The lowest BCUT2D eigenvalue weighted by molar-refractivity contribution is 0.613. The zero-order valence-corrected chi connectivity index (χ0v) is 15.9. The topological polar surface area (TPSA) is 107 Å². The van der Waals surface area contributed by atoms with Gasteiger partial charge in [0.25, 0.3) is 5.56 Å². The van der Waals surface area contributed by atoms with E-state index < -0.39 is 11.2 Å². The van der Waals surface area contributed by atoms with Crippen LogP contribution in [0, 0.1) is 20.8 Å². The van der Waals surface area contributed by atoms with E-state index in [1.54, 1.807) is 6.26 Å². The Morgan fingerprint density at radius 2 is 1.79 bits per heavy atom. The summed E-state index contributed by atoms with van der Waals surface area (Å²) in [6.07, 6.45) is 2.52. The Morgan fingerprint density at radius 1 is 1.07 bits per heavy atom. The van der Waals surface area contributed by atoms with Crippen molar-refractivity contribution in [1.82, 2.24) is 14.8 Å². The maximum Gasteiger partial charge on any atom is 0.349 e. The molecule has 4 rings (SSSR count). The van der Waals surface area contributed by atoms with Crippen LogP contribution >= 0.6 is 0 Å². The van der Waals surface area contributed by atoms with Crippen molar-refractivity contribution < 1.29 is 4.42 Å². The third-order valence-electron chi connectivity index (χ3n) is 4.99. The second-order valence-electron chi connectivity index (χ2n) is 7.04. The molecule has 2 aromatic carbocycles. The maximum absolute atomic E-state index is 12.1. The minimum absolute atomic E-state index is 0.247. The van der Waals surface area contributed by atoms with Gasteiger partial charge in [0.1, 0.15) is 5.58 Å². The average Bonchev–Trinajstić information content (AvgIpc) is 3.01. The predicted molar refractivity (Wildman–Crippen MR) is 108 cm³/mol. The van der Waals surface area contributed by atoms with Gasteiger partial charge in [0.15, 0.2) is 0 Å². The number of nitrogens with zero attached hydrogens (tertiary/aromatic N) is 2. The van der Waals surface area contributed by atoms with E-state index >= 15 is 0 Å². The number of nitrogens with one attached hydrogen (secondary N) is 1. The number of fused-ring (bicyclic) bond motifs is 1. The van der Waals surface area contributed by atoms with Crippen LogP contribution in [0.5, 0.6) is 0 Å². The fraction of sp³-hybridized carbons (Fsp3) is 0.190. The van der Waals surface area contributed by atoms with E-state index in [1.807, 2.05) is 39.0 Å². The van der Waals surface area contributed by atoms with E-state index in [2.05, 4.69) is 22.2 Å². The number of aromatic amines is 1. The van der Waals surface area contributed by atoms with E-state index in [0.717, 1.165) is 38.8 Å². The Balaban J connectivity index is 1.75. The fourth-order valence-corrected chi connectivity index (χ4v) is 3.48. The highest BCUT2D eigenvalue weighted by atomic mass is 16.3. The molecule has 7 heteroatoms. The van der Waals surface area contributed by atoms with E-state index in [9.17, 15) is 9.59 Å². The Labute approximate surface area is 160 Å². The number of aryl methyl sites for hydroxylation is 3. The van der Waals surface area contributed by atoms with Gasteiger partial charge in [-0.3, -0.25) is 9.78 Å². The molecule has 0 aliphatic rings. The Kier molecular flexibility index (Phi) is 4.15. The Morgan fingerprint density at radius 3 is 2.50 bits per heavy atom. The first kappa shape index (κ1) is 17.8. The summed E-state index contributed by atoms with van der Waals surface area (Å²) in [5, 5.41) is 5.02. The van der Waals surface area contributed by atoms with Crippen LogP contribution in [0.1, 0.15) is 27.8 Å². The number of hydrogen-bond acceptors (Lipinski definition) is 5. The molecule has 2 heterocycles. The molecule has 0 spiro atoms. The molecule has 0 saturated carbocycles. The second-order valence-corrected chi connectivity index (χ2v) is 7.04. The quantitative estimate of drug-likeness (QED) is 0.572. The van der Waals surface area contributed by atoms with Gasteiger partial charge in [0.05, 0.1) is 12.0 Å². The summed E-state index contributed by atoms with van der Waals surface area (Å²) < 4.78 is 6.63. The van der Waals surface area contributed by atoms with Crippen molar-refractivity contribution in [1.29, 1.82) is 0 Å². The monoisotopic (exact) mass is 376 g/mol. The first-order valence-electron chi connectivity index (χ1n) is 8.90. The van der Waals surface area contributed by atoms with Crippen LogP contribution in [0.3, 0.4) is 0 Å². The van der Waals surface area contributed by atoms with Gasteiger partial charge in [-0.15, -0.1) is 5.10 Å². The number of furan rings is 1. The van der Waals surface area contributed by atoms with Gasteiger partial charge in [-0.1, -0.05) is 6.07 Å². The van der Waals surface area contributed by atoms with Crippen LogP contribution in [0.25, 0.3) is 16.7 Å². The van der Waals surface area contributed by atoms with Crippen molar-refractivity contribution in [2.45, 2.75) is 27.2 Å². The number of benzene rings is 2. The number of nitrogens with two attached hydrogens (primary N) is 1. The fourth-order valence-electron chi connectivity index (χ4n) is 3.48. The molecular formula is C21H20N4O3. The zero-order chi connectivity index (χ0) is 20.0. The number of anilines is 1. The normalized spacial score (nSPS) is 11.2. The molecule has 0 aliphatic heterocycles. The third kappa shape index (κ3) is 3.00. The highest BCUT2D eigenvalue weighted by Crippen LogP contribution is 2.26. The van der Waals surface area contributed by atoms with Gasteiger partial charge >= 0.3 is 5.69 Å². The van der Waals surface area contributed by atoms with Crippen LogP contribution < -0.4 is 17.0 Å². The summed E-state index contributed by atoms with van der Waals surface area (Å²) in [4.78, 5) is 25.7. The van der Waals surface area contributed by atoms with Gasteiger partial charge in [0, 0.05) is 5.39 Å². The summed E-state index contributed by atoms with van der Waals surface area (Å²) in [5.74, 6) is -0.247. The number of nitrogen functional groups attached to an aromatic ring is 1. The summed E-state index contributed by atoms with van der Waals surface area (Å²) in [7, 11) is 0. The molecule has 3 N–H and O–H groups in total. The van der Waals surface area contributed by atoms with Crippen LogP contribution in [0.15, 0.2) is 50.6 Å². The van der Waals surface area contributed by atoms with Crippen LogP contribution in [0.4, 0.5) is 5.82 Å². The summed E-state index contributed by atoms with van der Waals surface area (Å²) >= 11 is 0. The van der Waals surface area contributed by atoms with Crippen molar-refractivity contribution in [3.63, 3.8) is 0 Å². The highest BCUT2D eigenvalue weighted by molar-refractivity contribution is 5.81. The average molecular weight is 376 g/mol. The lowest BCUT2D eigenvalue weighted by atomic mass is 9.94. The molecule has 2 aromatic heterocycles. The molecule has 0 saturated heterocycles. The van der Waals surface area contributed by atoms with Crippen LogP contribution in [-0.4, -0.2) is 14.8 Å². The lowest BCUT2D eigenvalue weighted by Crippen LogP contribution is -2.33. The van der Waals surface area contributed by atoms with Crippen molar-refractivity contribution in [2.24, 2.45) is 0 Å². The molecule has 28 heavy (non-hydrogen) atoms. The smallest absolute Gasteiger partial charge is 0.349 e. The van der Waals surface area contributed by atoms with Crippen molar-refractivity contribution in [3.8, 4) is 5.69 Å². The molecule has 7 nitrogen and oxygen atoms in total. The van der Waals surface area contributed by atoms with Gasteiger partial charge in [-0.05, 0) is 79.3 Å². The molecule has 0 unspecified atom stereocenters. The molecule has 0 bridgehead atoms. The Hall–Kier alpha value is -3.61. The molecule has 0 amide bonds. The SMILES string of the molecule is Cc1cc(-n2nc(N)c(=O)[nH]c2=O)cc(C)c1Cc1ccc2occ(C)c2c1. The standard InChI is InChI=1S/C21H20N4O3/c1-11-6-15(25-21(27)23-20(26)19(22)24-25)7-12(2)16(11)8-14-4-5-18-17(9-14)13(3)10-28-18/h4-7,9-10H,8H2,1-3H3,(H2,22,24)(H,23,26,27). The first-order valence-corrected chi connectivity index (χ1v) is 8.90.